The Balaban J connectivity index is 1.46. The van der Waals surface area contributed by atoms with Crippen LogP contribution in [0.5, 0.6) is 5.75 Å². The predicted octanol–water partition coefficient (Wildman–Crippen LogP) is 6.56. The number of nitrogens with zero attached hydrogens (tertiary/aromatic N) is 5. The summed E-state index contributed by atoms with van der Waals surface area (Å²) in [6, 6.07) is 8.03. The van der Waals surface area contributed by atoms with E-state index in [1.807, 2.05) is 18.2 Å². The fourth-order valence-corrected chi connectivity index (χ4v) is 5.38. The number of aromatic nitrogens is 5. The molecule has 0 saturated heterocycles. The summed E-state index contributed by atoms with van der Waals surface area (Å²) in [5.41, 5.74) is 3.98. The first-order valence-electron chi connectivity index (χ1n) is 12.8. The SMILES string of the molecule is COC(=O)Nc1ncc(-c2cc(-c3cc(OCCC4CCCCC4)ccc3C)nc(-c3cnccn3)n2)s1. The molecule has 9 nitrogen and oxygen atoms in total. The number of aryl methyl sites for hydroxylation is 1. The van der Waals surface area contributed by atoms with Crippen molar-refractivity contribution in [3.63, 3.8) is 0 Å². The number of methoxy groups -OCH3 is 1. The van der Waals surface area contributed by atoms with E-state index in [0.29, 0.717) is 29.0 Å². The number of carbonyl (C=O) groups excluding carboxylic acids is 1. The van der Waals surface area contributed by atoms with Crippen molar-refractivity contribution in [2.45, 2.75) is 45.4 Å². The van der Waals surface area contributed by atoms with Crippen LogP contribution in [0.4, 0.5) is 9.93 Å². The average Bonchev–Trinajstić information content (AvgIpc) is 3.43. The van der Waals surface area contributed by atoms with Gasteiger partial charge in [-0.2, -0.15) is 0 Å². The Morgan fingerprint density at radius 1 is 1.03 bits per heavy atom. The molecule has 196 valence electrons. The van der Waals surface area contributed by atoms with Crippen LogP contribution in [0, 0.1) is 12.8 Å². The second kappa shape index (κ2) is 12.1. The lowest BCUT2D eigenvalue weighted by atomic mass is 9.87. The molecular weight excluding hydrogens is 500 g/mol. The maximum Gasteiger partial charge on any atom is 0.413 e. The third kappa shape index (κ3) is 6.31. The minimum absolute atomic E-state index is 0.414. The first-order chi connectivity index (χ1) is 18.6. The summed E-state index contributed by atoms with van der Waals surface area (Å²) in [6.45, 7) is 2.76. The summed E-state index contributed by atoms with van der Waals surface area (Å²) in [6.07, 6.45) is 13.7. The van der Waals surface area contributed by atoms with Crippen LogP contribution < -0.4 is 10.1 Å². The van der Waals surface area contributed by atoms with Gasteiger partial charge in [0.05, 0.1) is 36.2 Å². The average molecular weight is 531 g/mol. The summed E-state index contributed by atoms with van der Waals surface area (Å²) in [5, 5.41) is 3.01. The highest BCUT2D eigenvalue weighted by Gasteiger charge is 2.17. The fourth-order valence-electron chi connectivity index (χ4n) is 4.62. The van der Waals surface area contributed by atoms with Gasteiger partial charge >= 0.3 is 6.09 Å². The first-order valence-corrected chi connectivity index (χ1v) is 13.6. The lowest BCUT2D eigenvalue weighted by Crippen LogP contribution is -2.10. The lowest BCUT2D eigenvalue weighted by molar-refractivity contribution is 0.187. The summed E-state index contributed by atoms with van der Waals surface area (Å²) in [7, 11) is 1.31. The summed E-state index contributed by atoms with van der Waals surface area (Å²) >= 11 is 1.30. The maximum absolute atomic E-state index is 11.6. The molecule has 1 aliphatic rings. The molecule has 1 saturated carbocycles. The number of hydrogen-bond donors (Lipinski definition) is 1. The topological polar surface area (TPSA) is 112 Å². The van der Waals surface area contributed by atoms with Gasteiger partial charge in [0.2, 0.25) is 0 Å². The van der Waals surface area contributed by atoms with Gasteiger partial charge in [-0.1, -0.05) is 49.5 Å². The number of rotatable bonds is 8. The van der Waals surface area contributed by atoms with Crippen molar-refractivity contribution >= 4 is 22.6 Å². The quantitative estimate of drug-likeness (QED) is 0.273. The summed E-state index contributed by atoms with van der Waals surface area (Å²) < 4.78 is 10.9. The van der Waals surface area contributed by atoms with E-state index in [1.165, 1.54) is 50.6 Å². The monoisotopic (exact) mass is 530 g/mol. The molecule has 1 aliphatic carbocycles. The number of ether oxygens (including phenoxy) is 2. The molecule has 0 atom stereocenters. The van der Waals surface area contributed by atoms with Crippen LogP contribution in [-0.4, -0.2) is 44.7 Å². The number of nitrogens with one attached hydrogen (secondary N) is 1. The number of amides is 1. The highest BCUT2D eigenvalue weighted by Crippen LogP contribution is 2.34. The zero-order valence-electron chi connectivity index (χ0n) is 21.5. The molecule has 0 spiro atoms. The molecule has 10 heteroatoms. The van der Waals surface area contributed by atoms with Gasteiger partial charge in [0, 0.05) is 24.2 Å². The zero-order chi connectivity index (χ0) is 26.3. The van der Waals surface area contributed by atoms with Gasteiger partial charge in [0.1, 0.15) is 11.4 Å². The Labute approximate surface area is 225 Å². The largest absolute Gasteiger partial charge is 0.494 e. The van der Waals surface area contributed by atoms with E-state index in [9.17, 15) is 4.79 Å². The highest BCUT2D eigenvalue weighted by molar-refractivity contribution is 7.19. The smallest absolute Gasteiger partial charge is 0.413 e. The van der Waals surface area contributed by atoms with Gasteiger partial charge in [-0.15, -0.1) is 0 Å². The molecule has 0 unspecified atom stereocenters. The second-order valence-electron chi connectivity index (χ2n) is 9.32. The minimum Gasteiger partial charge on any atom is -0.494 e. The third-order valence-corrected chi connectivity index (χ3v) is 7.61. The van der Waals surface area contributed by atoms with Gasteiger partial charge in [0.15, 0.2) is 11.0 Å². The van der Waals surface area contributed by atoms with E-state index in [1.54, 1.807) is 24.8 Å². The van der Waals surface area contributed by atoms with E-state index in [4.69, 9.17) is 14.7 Å². The number of hydrogen-bond acceptors (Lipinski definition) is 9. The molecule has 1 amide bonds. The van der Waals surface area contributed by atoms with Crippen molar-refractivity contribution in [3.05, 3.63) is 54.6 Å². The zero-order valence-corrected chi connectivity index (χ0v) is 22.3. The van der Waals surface area contributed by atoms with Gasteiger partial charge in [-0.25, -0.2) is 24.7 Å². The molecule has 1 aromatic carbocycles. The van der Waals surface area contributed by atoms with E-state index >= 15 is 0 Å². The molecule has 38 heavy (non-hydrogen) atoms. The van der Waals surface area contributed by atoms with Crippen LogP contribution in [0.1, 0.15) is 44.1 Å². The Kier molecular flexibility index (Phi) is 8.18. The molecule has 4 aromatic rings. The van der Waals surface area contributed by atoms with Crippen molar-refractivity contribution in [2.24, 2.45) is 5.92 Å². The number of thiazole rings is 1. The Morgan fingerprint density at radius 2 is 1.87 bits per heavy atom. The van der Waals surface area contributed by atoms with E-state index < -0.39 is 6.09 Å². The number of anilines is 1. The van der Waals surface area contributed by atoms with Gasteiger partial charge in [-0.3, -0.25) is 10.3 Å². The lowest BCUT2D eigenvalue weighted by Gasteiger charge is -2.21. The third-order valence-electron chi connectivity index (χ3n) is 6.68. The Morgan fingerprint density at radius 3 is 2.66 bits per heavy atom. The van der Waals surface area contributed by atoms with E-state index in [2.05, 4.69) is 38.0 Å². The molecular formula is C28H30N6O3S. The van der Waals surface area contributed by atoms with Crippen LogP contribution in [0.15, 0.2) is 49.1 Å². The molecule has 3 heterocycles. The van der Waals surface area contributed by atoms with Crippen molar-refractivity contribution in [2.75, 3.05) is 19.0 Å². The summed E-state index contributed by atoms with van der Waals surface area (Å²) in [4.78, 5) is 34.9. The maximum atomic E-state index is 11.6. The molecule has 0 radical (unpaired) electrons. The summed E-state index contributed by atoms with van der Waals surface area (Å²) in [5.74, 6) is 2.04. The molecule has 5 rings (SSSR count). The van der Waals surface area contributed by atoms with Crippen LogP contribution in [0.25, 0.3) is 33.3 Å². The van der Waals surface area contributed by atoms with Crippen LogP contribution in [0.2, 0.25) is 0 Å². The number of benzene rings is 1. The molecule has 0 aliphatic heterocycles. The van der Waals surface area contributed by atoms with Gasteiger partial charge in [0.25, 0.3) is 0 Å². The minimum atomic E-state index is -0.578. The van der Waals surface area contributed by atoms with Crippen molar-refractivity contribution in [1.82, 2.24) is 24.9 Å². The van der Waals surface area contributed by atoms with Crippen LogP contribution >= 0.6 is 11.3 Å². The van der Waals surface area contributed by atoms with Gasteiger partial charge in [-0.05, 0) is 43.0 Å². The van der Waals surface area contributed by atoms with Gasteiger partial charge < -0.3 is 9.47 Å². The molecule has 3 aromatic heterocycles. The normalized spacial score (nSPS) is 13.7. The fraction of sp³-hybridized carbons (Fsp3) is 0.357. The van der Waals surface area contributed by atoms with Crippen LogP contribution in [0.3, 0.4) is 0 Å². The molecule has 1 fully saturated rings. The van der Waals surface area contributed by atoms with E-state index in [-0.39, 0.29) is 0 Å². The predicted molar refractivity (Wildman–Crippen MR) is 147 cm³/mol. The standard InChI is InChI=1S/C28H30N6O3S/c1-18-8-9-20(37-13-10-19-6-4-3-5-7-19)14-21(18)22-15-23(25-17-31-27(38-25)34-28(35)36-2)33-26(32-22)24-16-29-11-12-30-24/h8-9,11-12,14-17,19H,3-7,10,13H2,1-2H3,(H,31,34,35). The Hall–Kier alpha value is -3.92. The van der Waals surface area contributed by atoms with E-state index in [0.717, 1.165) is 39.8 Å². The molecule has 1 N–H and O–H groups in total. The molecule has 0 bridgehead atoms. The first kappa shape index (κ1) is 25.7. The highest BCUT2D eigenvalue weighted by atomic mass is 32.1. The van der Waals surface area contributed by atoms with Crippen LogP contribution in [-0.2, 0) is 4.74 Å². The van der Waals surface area contributed by atoms with Crippen molar-refractivity contribution in [1.29, 1.82) is 0 Å². The second-order valence-corrected chi connectivity index (χ2v) is 10.3. The Bertz CT molecular complexity index is 1390. The van der Waals surface area contributed by atoms with Crippen molar-refractivity contribution in [3.8, 4) is 39.1 Å². The number of carbonyl (C=O) groups is 1. The van der Waals surface area contributed by atoms with Crippen molar-refractivity contribution < 1.29 is 14.3 Å².